The standard InChI is InChI=1S/C18H20N4O3S/c23-18(15-3-7-20-8-4-15)22-10-9-21(11-14-1-5-19-6-2-14)16-12-26(24,25)13-17(16)22/h1-8,16-17H,9-13H2/t16-,17+/m1/s1. The number of rotatable bonds is 3. The number of carbonyl (C=O) groups is 1. The van der Waals surface area contributed by atoms with Gasteiger partial charge in [0.1, 0.15) is 0 Å². The summed E-state index contributed by atoms with van der Waals surface area (Å²) in [6.07, 6.45) is 6.63. The molecular formula is C18H20N4O3S. The van der Waals surface area contributed by atoms with Crippen molar-refractivity contribution in [2.45, 2.75) is 18.6 Å². The first-order chi connectivity index (χ1) is 12.5. The Hall–Kier alpha value is -2.32. The van der Waals surface area contributed by atoms with Gasteiger partial charge in [0.2, 0.25) is 0 Å². The van der Waals surface area contributed by atoms with Gasteiger partial charge in [0.25, 0.3) is 5.91 Å². The van der Waals surface area contributed by atoms with Crippen LogP contribution in [-0.4, -0.2) is 70.8 Å². The fourth-order valence-electron chi connectivity index (χ4n) is 3.86. The molecule has 2 aliphatic heterocycles. The lowest BCUT2D eigenvalue weighted by molar-refractivity contribution is 0.0306. The largest absolute Gasteiger partial charge is 0.332 e. The Morgan fingerprint density at radius 1 is 0.962 bits per heavy atom. The van der Waals surface area contributed by atoms with E-state index >= 15 is 0 Å². The first kappa shape index (κ1) is 17.1. The normalized spacial score (nSPS) is 25.0. The molecule has 0 saturated carbocycles. The highest BCUT2D eigenvalue weighted by molar-refractivity contribution is 7.91. The molecule has 4 heterocycles. The number of amides is 1. The van der Waals surface area contributed by atoms with Gasteiger partial charge in [0.15, 0.2) is 9.84 Å². The molecule has 2 aromatic heterocycles. The van der Waals surface area contributed by atoms with Crippen molar-refractivity contribution in [1.29, 1.82) is 0 Å². The second-order valence-electron chi connectivity index (χ2n) is 6.77. The first-order valence-corrected chi connectivity index (χ1v) is 10.4. The summed E-state index contributed by atoms with van der Waals surface area (Å²) in [6.45, 7) is 1.83. The third-order valence-corrected chi connectivity index (χ3v) is 6.81. The van der Waals surface area contributed by atoms with Crippen LogP contribution in [0.15, 0.2) is 49.1 Å². The SMILES string of the molecule is O=C(c1ccncc1)N1CCN(Cc2ccncc2)[C@@H]2CS(=O)(=O)C[C@@H]21. The van der Waals surface area contributed by atoms with Gasteiger partial charge in [-0.05, 0) is 29.8 Å². The number of carbonyl (C=O) groups excluding carboxylic acids is 1. The summed E-state index contributed by atoms with van der Waals surface area (Å²) in [5, 5.41) is 0. The highest BCUT2D eigenvalue weighted by atomic mass is 32.2. The van der Waals surface area contributed by atoms with Gasteiger partial charge in [-0.15, -0.1) is 0 Å². The van der Waals surface area contributed by atoms with Crippen LogP contribution in [0.25, 0.3) is 0 Å². The zero-order valence-corrected chi connectivity index (χ0v) is 15.0. The molecule has 0 aliphatic carbocycles. The van der Waals surface area contributed by atoms with E-state index in [9.17, 15) is 13.2 Å². The van der Waals surface area contributed by atoms with Crippen molar-refractivity contribution in [2.24, 2.45) is 0 Å². The van der Waals surface area contributed by atoms with E-state index in [2.05, 4.69) is 14.9 Å². The molecule has 0 N–H and O–H groups in total. The van der Waals surface area contributed by atoms with Gasteiger partial charge in [-0.2, -0.15) is 0 Å². The Labute approximate surface area is 152 Å². The molecule has 8 heteroatoms. The monoisotopic (exact) mass is 372 g/mol. The predicted molar refractivity (Wildman–Crippen MR) is 96.2 cm³/mol. The molecule has 2 atom stereocenters. The average molecular weight is 372 g/mol. The van der Waals surface area contributed by atoms with E-state index in [1.807, 2.05) is 12.1 Å². The van der Waals surface area contributed by atoms with Crippen LogP contribution < -0.4 is 0 Å². The minimum absolute atomic E-state index is 0.0291. The first-order valence-electron chi connectivity index (χ1n) is 8.58. The van der Waals surface area contributed by atoms with E-state index in [0.717, 1.165) is 5.56 Å². The number of pyridine rings is 2. The maximum atomic E-state index is 12.9. The highest BCUT2D eigenvalue weighted by Crippen LogP contribution is 2.29. The van der Waals surface area contributed by atoms with E-state index in [1.165, 1.54) is 0 Å². The van der Waals surface area contributed by atoms with Crippen molar-refractivity contribution in [3.05, 3.63) is 60.2 Å². The Morgan fingerprint density at radius 3 is 2.27 bits per heavy atom. The van der Waals surface area contributed by atoms with Crippen LogP contribution in [0.3, 0.4) is 0 Å². The maximum Gasteiger partial charge on any atom is 0.254 e. The van der Waals surface area contributed by atoms with Gasteiger partial charge in [0.05, 0.1) is 17.5 Å². The summed E-state index contributed by atoms with van der Waals surface area (Å²) in [5.74, 6) is 0.00701. The van der Waals surface area contributed by atoms with Crippen LogP contribution in [0.2, 0.25) is 0 Å². The molecule has 1 amide bonds. The van der Waals surface area contributed by atoms with E-state index in [-0.39, 0.29) is 29.5 Å². The van der Waals surface area contributed by atoms with Gasteiger partial charge >= 0.3 is 0 Å². The Kier molecular flexibility index (Phi) is 4.46. The lowest BCUT2D eigenvalue weighted by Crippen LogP contribution is -2.60. The van der Waals surface area contributed by atoms with Gasteiger partial charge in [0, 0.05) is 56.0 Å². The van der Waals surface area contributed by atoms with Crippen LogP contribution in [0.1, 0.15) is 15.9 Å². The van der Waals surface area contributed by atoms with Gasteiger partial charge in [-0.25, -0.2) is 8.42 Å². The number of sulfone groups is 1. The van der Waals surface area contributed by atoms with E-state index < -0.39 is 9.84 Å². The molecule has 136 valence electrons. The smallest absolute Gasteiger partial charge is 0.254 e. The second-order valence-corrected chi connectivity index (χ2v) is 8.93. The molecule has 0 aromatic carbocycles. The molecule has 0 bridgehead atoms. The molecular weight excluding hydrogens is 352 g/mol. The lowest BCUT2D eigenvalue weighted by atomic mass is 10.0. The molecule has 2 fully saturated rings. The van der Waals surface area contributed by atoms with Crippen molar-refractivity contribution in [3.63, 3.8) is 0 Å². The second kappa shape index (κ2) is 6.77. The van der Waals surface area contributed by atoms with Gasteiger partial charge in [-0.1, -0.05) is 0 Å². The quantitative estimate of drug-likeness (QED) is 0.785. The van der Waals surface area contributed by atoms with Crippen molar-refractivity contribution < 1.29 is 13.2 Å². The van der Waals surface area contributed by atoms with Crippen LogP contribution >= 0.6 is 0 Å². The molecule has 26 heavy (non-hydrogen) atoms. The number of piperazine rings is 1. The number of fused-ring (bicyclic) bond motifs is 1. The summed E-state index contributed by atoms with van der Waals surface area (Å²) in [6, 6.07) is 6.73. The zero-order valence-electron chi connectivity index (χ0n) is 14.2. The Balaban J connectivity index is 1.59. The number of nitrogens with zero attached hydrogens (tertiary/aromatic N) is 4. The fourth-order valence-corrected chi connectivity index (χ4v) is 5.87. The third kappa shape index (κ3) is 3.34. The topological polar surface area (TPSA) is 83.5 Å². The Bertz CT molecular complexity index is 889. The van der Waals surface area contributed by atoms with Crippen molar-refractivity contribution in [3.8, 4) is 0 Å². The summed E-state index contributed by atoms with van der Waals surface area (Å²) in [4.78, 5) is 24.8. The zero-order chi connectivity index (χ0) is 18.1. The minimum Gasteiger partial charge on any atom is -0.332 e. The molecule has 2 aromatic rings. The number of hydrogen-bond acceptors (Lipinski definition) is 6. The molecule has 2 saturated heterocycles. The number of hydrogen-bond donors (Lipinski definition) is 0. The average Bonchev–Trinajstić information content (AvgIpc) is 2.98. The van der Waals surface area contributed by atoms with Crippen LogP contribution in [-0.2, 0) is 16.4 Å². The summed E-state index contributed by atoms with van der Waals surface area (Å²) < 4.78 is 24.6. The van der Waals surface area contributed by atoms with Crippen molar-refractivity contribution in [2.75, 3.05) is 24.6 Å². The van der Waals surface area contributed by atoms with E-state index in [4.69, 9.17) is 0 Å². The molecule has 0 radical (unpaired) electrons. The predicted octanol–water partition coefficient (Wildman–Crippen LogP) is 0.600. The number of aromatic nitrogens is 2. The van der Waals surface area contributed by atoms with Crippen LogP contribution in [0.5, 0.6) is 0 Å². The van der Waals surface area contributed by atoms with E-state index in [0.29, 0.717) is 25.2 Å². The van der Waals surface area contributed by atoms with Crippen molar-refractivity contribution in [1.82, 2.24) is 19.8 Å². The summed E-state index contributed by atoms with van der Waals surface area (Å²) in [7, 11) is -3.16. The maximum absolute atomic E-state index is 12.9. The minimum atomic E-state index is -3.16. The molecule has 0 unspecified atom stereocenters. The molecule has 2 aliphatic rings. The van der Waals surface area contributed by atoms with Crippen molar-refractivity contribution >= 4 is 15.7 Å². The van der Waals surface area contributed by atoms with Gasteiger partial charge < -0.3 is 4.90 Å². The fraction of sp³-hybridized carbons (Fsp3) is 0.389. The molecule has 7 nitrogen and oxygen atoms in total. The summed E-state index contributed by atoms with van der Waals surface area (Å²) >= 11 is 0. The summed E-state index contributed by atoms with van der Waals surface area (Å²) in [5.41, 5.74) is 1.64. The van der Waals surface area contributed by atoms with Gasteiger partial charge in [-0.3, -0.25) is 19.7 Å². The molecule has 0 spiro atoms. The Morgan fingerprint density at radius 2 is 1.58 bits per heavy atom. The molecule has 4 rings (SSSR count). The lowest BCUT2D eigenvalue weighted by Gasteiger charge is -2.44. The highest BCUT2D eigenvalue weighted by Gasteiger charge is 2.48. The van der Waals surface area contributed by atoms with Crippen LogP contribution in [0.4, 0.5) is 0 Å². The van der Waals surface area contributed by atoms with Crippen LogP contribution in [0, 0.1) is 0 Å². The van der Waals surface area contributed by atoms with E-state index in [1.54, 1.807) is 41.8 Å². The third-order valence-electron chi connectivity index (χ3n) is 5.11.